The highest BCUT2D eigenvalue weighted by Crippen LogP contribution is 2.38. The van der Waals surface area contributed by atoms with Gasteiger partial charge in [0.1, 0.15) is 0 Å². The van der Waals surface area contributed by atoms with Crippen LogP contribution in [0.1, 0.15) is 110 Å². The Kier molecular flexibility index (Phi) is 11.1. The second-order valence-electron chi connectivity index (χ2n) is 13.7. The summed E-state index contributed by atoms with van der Waals surface area (Å²) in [6, 6.07) is 0.541. The number of nitrogens with one attached hydrogen (secondary N) is 2. The van der Waals surface area contributed by atoms with Crippen LogP contribution in [0.4, 0.5) is 0 Å². The van der Waals surface area contributed by atoms with Crippen LogP contribution in [0.15, 0.2) is 0 Å². The molecule has 0 aromatic heterocycles. The quantitative estimate of drug-likeness (QED) is 0.269. The topological polar surface area (TPSA) is 125 Å². The summed E-state index contributed by atoms with van der Waals surface area (Å²) in [5.41, 5.74) is 3.26. The van der Waals surface area contributed by atoms with Gasteiger partial charge in [-0.15, -0.1) is 0 Å². The maximum Gasteiger partial charge on any atom is 0.307 e. The second kappa shape index (κ2) is 14.3. The maximum absolute atomic E-state index is 13.0. The first-order valence-electron chi connectivity index (χ1n) is 15.8. The van der Waals surface area contributed by atoms with Gasteiger partial charge in [0.05, 0.1) is 24.4 Å². The van der Waals surface area contributed by atoms with Gasteiger partial charge >= 0.3 is 11.9 Å². The molecule has 4 saturated carbocycles. The Labute approximate surface area is 234 Å². The molecule has 4 aliphatic carbocycles. The maximum atomic E-state index is 13.0. The molecule has 4 fully saturated rings. The molecule has 6 atom stereocenters. The first-order valence-corrected chi connectivity index (χ1v) is 15.8. The lowest BCUT2D eigenvalue weighted by Gasteiger charge is -2.36. The van der Waals surface area contributed by atoms with Crippen molar-refractivity contribution in [3.63, 3.8) is 0 Å². The lowest BCUT2D eigenvalue weighted by molar-refractivity contribution is -0.150. The Bertz CT molecular complexity index is 820. The standard InChI is InChI=1S/C31H52N2O6/c1-19-3-13-26(30(35)36)23(15-19)18-39-33-25-11-7-22(8-12-25)17-21-5-9-24(10-6-21)32-29(34)28-16-20(2)4-14-27(28)31(37)38/h19-28,33H,3-18H2,1-2H3,(H,32,34)(H,35,36)(H,37,38). The number of hydrogen-bond acceptors (Lipinski definition) is 5. The van der Waals surface area contributed by atoms with E-state index in [1.807, 2.05) is 0 Å². The average molecular weight is 549 g/mol. The molecule has 4 N–H and O–H groups in total. The number of carboxylic acids is 2. The Hall–Kier alpha value is -1.67. The Balaban J connectivity index is 1.10. The van der Waals surface area contributed by atoms with E-state index in [1.165, 1.54) is 19.3 Å². The summed E-state index contributed by atoms with van der Waals surface area (Å²) >= 11 is 0. The van der Waals surface area contributed by atoms with E-state index in [0.29, 0.717) is 43.2 Å². The molecule has 1 amide bonds. The Morgan fingerprint density at radius 1 is 0.667 bits per heavy atom. The fraction of sp³-hybridized carbons (Fsp3) is 0.903. The largest absolute Gasteiger partial charge is 0.481 e. The van der Waals surface area contributed by atoms with Crippen molar-refractivity contribution in [1.29, 1.82) is 0 Å². The van der Waals surface area contributed by atoms with Crippen LogP contribution in [0.25, 0.3) is 0 Å². The molecule has 4 aliphatic rings. The van der Waals surface area contributed by atoms with E-state index in [2.05, 4.69) is 24.6 Å². The molecule has 6 unspecified atom stereocenters. The Morgan fingerprint density at radius 3 is 1.79 bits per heavy atom. The number of rotatable bonds is 10. The van der Waals surface area contributed by atoms with Gasteiger partial charge in [-0.3, -0.25) is 14.4 Å². The molecular weight excluding hydrogens is 496 g/mol. The Morgan fingerprint density at radius 2 is 1.21 bits per heavy atom. The van der Waals surface area contributed by atoms with Crippen molar-refractivity contribution in [2.24, 2.45) is 47.3 Å². The van der Waals surface area contributed by atoms with E-state index in [0.717, 1.165) is 70.1 Å². The highest BCUT2D eigenvalue weighted by atomic mass is 16.6. The third kappa shape index (κ3) is 8.66. The molecule has 4 rings (SSSR count). The van der Waals surface area contributed by atoms with E-state index in [-0.39, 0.29) is 29.7 Å². The average Bonchev–Trinajstić information content (AvgIpc) is 2.90. The fourth-order valence-corrected chi connectivity index (χ4v) is 8.09. The SMILES string of the molecule is CC1CCC(C(=O)O)C(CONC2CCC(CC3CCC(NC(=O)C4CC(C)CCC4C(=O)O)CC3)CC2)C1. The zero-order chi connectivity index (χ0) is 27.9. The molecule has 0 aromatic carbocycles. The van der Waals surface area contributed by atoms with Gasteiger partial charge in [0.25, 0.3) is 0 Å². The van der Waals surface area contributed by atoms with Crippen molar-refractivity contribution < 1.29 is 29.4 Å². The van der Waals surface area contributed by atoms with Crippen LogP contribution >= 0.6 is 0 Å². The van der Waals surface area contributed by atoms with Gasteiger partial charge in [-0.2, -0.15) is 5.48 Å². The highest BCUT2D eigenvalue weighted by molar-refractivity contribution is 5.85. The molecule has 8 nitrogen and oxygen atoms in total. The number of hydrogen-bond donors (Lipinski definition) is 4. The fourth-order valence-electron chi connectivity index (χ4n) is 8.09. The van der Waals surface area contributed by atoms with Gasteiger partial charge in [-0.25, -0.2) is 0 Å². The number of carboxylic acid groups (broad SMARTS) is 2. The van der Waals surface area contributed by atoms with Crippen molar-refractivity contribution >= 4 is 17.8 Å². The van der Waals surface area contributed by atoms with Gasteiger partial charge in [0.2, 0.25) is 5.91 Å². The van der Waals surface area contributed by atoms with E-state index in [9.17, 15) is 24.6 Å². The normalized spacial score (nSPS) is 39.5. The summed E-state index contributed by atoms with van der Waals surface area (Å²) in [5.74, 6) is -0.212. The van der Waals surface area contributed by atoms with Crippen molar-refractivity contribution in [2.75, 3.05) is 6.61 Å². The van der Waals surface area contributed by atoms with Crippen LogP contribution in [0, 0.1) is 47.3 Å². The predicted molar refractivity (Wildman–Crippen MR) is 149 cm³/mol. The summed E-state index contributed by atoms with van der Waals surface area (Å²) in [6.45, 7) is 4.81. The molecule has 39 heavy (non-hydrogen) atoms. The van der Waals surface area contributed by atoms with E-state index < -0.39 is 17.9 Å². The van der Waals surface area contributed by atoms with E-state index >= 15 is 0 Å². The molecule has 8 heteroatoms. The molecule has 0 aliphatic heterocycles. The zero-order valence-corrected chi connectivity index (χ0v) is 24.1. The van der Waals surface area contributed by atoms with Gasteiger partial charge in [0.15, 0.2) is 0 Å². The number of carbonyl (C=O) groups excluding carboxylic acids is 1. The van der Waals surface area contributed by atoms with Gasteiger partial charge in [0, 0.05) is 12.1 Å². The van der Waals surface area contributed by atoms with Crippen LogP contribution in [-0.2, 0) is 19.2 Å². The molecule has 0 aromatic rings. The first kappa shape index (κ1) is 30.3. The predicted octanol–water partition coefficient (Wildman–Crippen LogP) is 5.41. The minimum atomic E-state index is -0.826. The van der Waals surface area contributed by atoms with Gasteiger partial charge < -0.3 is 20.4 Å². The van der Waals surface area contributed by atoms with Crippen LogP contribution < -0.4 is 10.8 Å². The number of carbonyl (C=O) groups is 3. The second-order valence-corrected chi connectivity index (χ2v) is 13.7. The molecule has 0 saturated heterocycles. The molecule has 0 radical (unpaired) electrons. The van der Waals surface area contributed by atoms with Crippen LogP contribution in [-0.4, -0.2) is 46.7 Å². The van der Waals surface area contributed by atoms with Crippen molar-refractivity contribution in [3.8, 4) is 0 Å². The van der Waals surface area contributed by atoms with Crippen molar-refractivity contribution in [1.82, 2.24) is 10.8 Å². The summed E-state index contributed by atoms with van der Waals surface area (Å²) in [7, 11) is 0. The molecule has 222 valence electrons. The molecular formula is C31H52N2O6. The van der Waals surface area contributed by atoms with Crippen LogP contribution in [0.3, 0.4) is 0 Å². The third-order valence-corrected chi connectivity index (χ3v) is 10.6. The monoisotopic (exact) mass is 548 g/mol. The van der Waals surface area contributed by atoms with Crippen LogP contribution in [0.5, 0.6) is 0 Å². The van der Waals surface area contributed by atoms with Crippen LogP contribution in [0.2, 0.25) is 0 Å². The van der Waals surface area contributed by atoms with E-state index in [4.69, 9.17) is 4.84 Å². The third-order valence-electron chi connectivity index (χ3n) is 10.6. The summed E-state index contributed by atoms with van der Waals surface area (Å²) in [5, 5.41) is 22.3. The lowest BCUT2D eigenvalue weighted by Crippen LogP contribution is -2.46. The zero-order valence-electron chi connectivity index (χ0n) is 24.1. The summed E-state index contributed by atoms with van der Waals surface area (Å²) in [4.78, 5) is 42.1. The van der Waals surface area contributed by atoms with Crippen molar-refractivity contribution in [3.05, 3.63) is 0 Å². The van der Waals surface area contributed by atoms with Gasteiger partial charge in [-0.1, -0.05) is 13.8 Å². The highest BCUT2D eigenvalue weighted by Gasteiger charge is 2.39. The number of aliphatic carboxylic acids is 2. The first-order chi connectivity index (χ1) is 18.7. The minimum Gasteiger partial charge on any atom is -0.481 e. The smallest absolute Gasteiger partial charge is 0.307 e. The summed E-state index contributed by atoms with van der Waals surface area (Å²) < 4.78 is 0. The minimum absolute atomic E-state index is 0.0399. The summed E-state index contributed by atoms with van der Waals surface area (Å²) in [6.07, 6.45) is 15.0. The number of amides is 1. The molecule has 0 spiro atoms. The number of hydroxylamine groups is 1. The molecule has 0 heterocycles. The van der Waals surface area contributed by atoms with E-state index in [1.54, 1.807) is 0 Å². The van der Waals surface area contributed by atoms with Gasteiger partial charge in [-0.05, 0) is 126 Å². The lowest BCUT2D eigenvalue weighted by atomic mass is 9.73. The molecule has 0 bridgehead atoms. The van der Waals surface area contributed by atoms with Crippen molar-refractivity contribution in [2.45, 2.75) is 122 Å².